The second-order valence-electron chi connectivity index (χ2n) is 7.00. The van der Waals surface area contributed by atoms with E-state index in [1.807, 2.05) is 31.2 Å². The highest BCUT2D eigenvalue weighted by molar-refractivity contribution is 6.22. The summed E-state index contributed by atoms with van der Waals surface area (Å²) < 4.78 is 0. The molecule has 0 spiro atoms. The topological polar surface area (TPSA) is 37.4 Å². The Morgan fingerprint density at radius 1 is 0.905 bits per heavy atom. The molecule has 2 bridgehead atoms. The molecule has 5 aliphatic rings. The van der Waals surface area contributed by atoms with Gasteiger partial charge in [-0.3, -0.25) is 14.5 Å². The number of imide groups is 1. The van der Waals surface area contributed by atoms with Gasteiger partial charge in [0.05, 0.1) is 17.5 Å². The van der Waals surface area contributed by atoms with Crippen LogP contribution in [0.1, 0.15) is 12.0 Å². The second kappa shape index (κ2) is 3.65. The zero-order chi connectivity index (χ0) is 14.3. The Bertz CT molecular complexity index is 654. The van der Waals surface area contributed by atoms with Gasteiger partial charge < -0.3 is 0 Å². The molecule has 6 rings (SSSR count). The monoisotopic (exact) mass is 279 g/mol. The average Bonchev–Trinajstić information content (AvgIpc) is 3.26. The molecule has 1 aromatic carbocycles. The lowest BCUT2D eigenvalue weighted by molar-refractivity contribution is -0.124. The summed E-state index contributed by atoms with van der Waals surface area (Å²) in [5.74, 6) is 1.79. The molecule has 1 aliphatic heterocycles. The third-order valence-electron chi connectivity index (χ3n) is 5.95. The highest BCUT2D eigenvalue weighted by Gasteiger charge is 2.67. The molecule has 3 heteroatoms. The summed E-state index contributed by atoms with van der Waals surface area (Å²) in [5, 5.41) is 0. The number of carbonyl (C=O) groups is 2. The SMILES string of the molecule is Cc1ccc(N2C(=O)[C@@H]3[C@H]4C=C[C@@H]([C@@H]5C[C@H]45)[C@H]3C2=O)cc1. The van der Waals surface area contributed by atoms with Gasteiger partial charge in [-0.2, -0.15) is 0 Å². The first-order valence-electron chi connectivity index (χ1n) is 7.79. The van der Waals surface area contributed by atoms with Crippen LogP contribution in [-0.2, 0) is 9.59 Å². The molecular weight excluding hydrogens is 262 g/mol. The average molecular weight is 279 g/mol. The fraction of sp³-hybridized carbons (Fsp3) is 0.444. The first-order valence-corrected chi connectivity index (χ1v) is 7.79. The van der Waals surface area contributed by atoms with Crippen molar-refractivity contribution < 1.29 is 9.59 Å². The van der Waals surface area contributed by atoms with E-state index in [4.69, 9.17) is 0 Å². The van der Waals surface area contributed by atoms with Crippen LogP contribution in [0, 0.1) is 42.4 Å². The van der Waals surface area contributed by atoms with Crippen molar-refractivity contribution in [3.63, 3.8) is 0 Å². The van der Waals surface area contributed by atoms with Crippen molar-refractivity contribution in [1.29, 1.82) is 0 Å². The highest BCUT2D eigenvalue weighted by Crippen LogP contribution is 2.65. The normalized spacial score (nSPS) is 42.2. The second-order valence-corrected chi connectivity index (χ2v) is 7.00. The Labute approximate surface area is 123 Å². The molecule has 0 N–H and O–H groups in total. The van der Waals surface area contributed by atoms with Crippen LogP contribution >= 0.6 is 0 Å². The van der Waals surface area contributed by atoms with Crippen LogP contribution in [0.4, 0.5) is 5.69 Å². The van der Waals surface area contributed by atoms with Gasteiger partial charge in [0.15, 0.2) is 0 Å². The predicted molar refractivity (Wildman–Crippen MR) is 78.4 cm³/mol. The van der Waals surface area contributed by atoms with Crippen LogP contribution in [0.25, 0.3) is 0 Å². The van der Waals surface area contributed by atoms with Gasteiger partial charge in [0.2, 0.25) is 11.8 Å². The van der Waals surface area contributed by atoms with E-state index < -0.39 is 0 Å². The summed E-state index contributed by atoms with van der Waals surface area (Å²) in [6.07, 6.45) is 5.63. The van der Waals surface area contributed by atoms with Gasteiger partial charge in [0.1, 0.15) is 0 Å². The molecular formula is C18H17NO2. The largest absolute Gasteiger partial charge is 0.274 e. The van der Waals surface area contributed by atoms with Crippen molar-refractivity contribution >= 4 is 17.5 Å². The summed E-state index contributed by atoms with van der Waals surface area (Å²) >= 11 is 0. The molecule has 0 unspecified atom stereocenters. The van der Waals surface area contributed by atoms with Crippen LogP contribution in [0.15, 0.2) is 36.4 Å². The Balaban J connectivity index is 1.58. The van der Waals surface area contributed by atoms with E-state index in [0.29, 0.717) is 23.7 Å². The van der Waals surface area contributed by atoms with Gasteiger partial charge in [0, 0.05) is 0 Å². The Morgan fingerprint density at radius 3 is 1.95 bits per heavy atom. The van der Waals surface area contributed by atoms with E-state index in [9.17, 15) is 9.59 Å². The van der Waals surface area contributed by atoms with Crippen molar-refractivity contribution in [3.05, 3.63) is 42.0 Å². The molecule has 1 heterocycles. The van der Waals surface area contributed by atoms with Gasteiger partial charge in [-0.15, -0.1) is 0 Å². The number of hydrogen-bond donors (Lipinski definition) is 0. The Morgan fingerprint density at radius 2 is 1.43 bits per heavy atom. The van der Waals surface area contributed by atoms with Crippen LogP contribution in [0.5, 0.6) is 0 Å². The Kier molecular flexibility index (Phi) is 2.04. The van der Waals surface area contributed by atoms with E-state index in [-0.39, 0.29) is 23.7 Å². The van der Waals surface area contributed by atoms with E-state index in [0.717, 1.165) is 11.3 Å². The fourth-order valence-corrected chi connectivity index (χ4v) is 4.91. The first-order chi connectivity index (χ1) is 10.2. The molecule has 2 amide bonds. The third kappa shape index (κ3) is 1.34. The maximum absolute atomic E-state index is 12.9. The minimum absolute atomic E-state index is 0.0264. The van der Waals surface area contributed by atoms with Crippen molar-refractivity contribution in [2.45, 2.75) is 13.3 Å². The van der Waals surface area contributed by atoms with Gasteiger partial charge in [-0.05, 0) is 49.1 Å². The van der Waals surface area contributed by atoms with E-state index in [2.05, 4.69) is 12.2 Å². The quantitative estimate of drug-likeness (QED) is 0.585. The lowest BCUT2D eigenvalue weighted by Crippen LogP contribution is -2.40. The maximum Gasteiger partial charge on any atom is 0.238 e. The smallest absolute Gasteiger partial charge is 0.238 e. The number of benzene rings is 1. The molecule has 3 fully saturated rings. The number of nitrogens with zero attached hydrogens (tertiary/aromatic N) is 1. The molecule has 3 nitrogen and oxygen atoms in total. The molecule has 2 saturated carbocycles. The van der Waals surface area contributed by atoms with Crippen molar-refractivity contribution in [1.82, 2.24) is 0 Å². The number of carbonyl (C=O) groups excluding carboxylic acids is 2. The summed E-state index contributed by atoms with van der Waals surface area (Å²) in [4.78, 5) is 27.2. The molecule has 1 saturated heterocycles. The van der Waals surface area contributed by atoms with E-state index in [1.165, 1.54) is 11.3 Å². The number of hydrogen-bond acceptors (Lipinski definition) is 2. The minimum atomic E-state index is -0.0995. The van der Waals surface area contributed by atoms with E-state index >= 15 is 0 Å². The summed E-state index contributed by atoms with van der Waals surface area (Å²) in [6.45, 7) is 2.01. The number of amides is 2. The summed E-state index contributed by atoms with van der Waals surface area (Å²) in [7, 11) is 0. The lowest BCUT2D eigenvalue weighted by atomic mass is 9.63. The van der Waals surface area contributed by atoms with Crippen LogP contribution in [0.2, 0.25) is 0 Å². The van der Waals surface area contributed by atoms with Gasteiger partial charge >= 0.3 is 0 Å². The van der Waals surface area contributed by atoms with Gasteiger partial charge in [0.25, 0.3) is 0 Å². The number of anilines is 1. The number of allylic oxidation sites excluding steroid dienone is 2. The molecule has 4 aliphatic carbocycles. The lowest BCUT2D eigenvalue weighted by Gasteiger charge is -2.37. The molecule has 21 heavy (non-hydrogen) atoms. The van der Waals surface area contributed by atoms with Crippen LogP contribution in [0.3, 0.4) is 0 Å². The molecule has 1 aromatic rings. The number of rotatable bonds is 1. The minimum Gasteiger partial charge on any atom is -0.274 e. The molecule has 0 aromatic heterocycles. The van der Waals surface area contributed by atoms with Crippen LogP contribution < -0.4 is 4.90 Å². The third-order valence-corrected chi connectivity index (χ3v) is 5.95. The van der Waals surface area contributed by atoms with Gasteiger partial charge in [-0.25, -0.2) is 0 Å². The van der Waals surface area contributed by atoms with Crippen LogP contribution in [-0.4, -0.2) is 11.8 Å². The molecule has 106 valence electrons. The maximum atomic E-state index is 12.9. The molecule has 0 radical (unpaired) electrons. The predicted octanol–water partition coefficient (Wildman–Crippen LogP) is 2.55. The standard InChI is InChI=1S/C18H17NO2/c1-9-2-4-10(5-3-9)19-17(20)15-11-6-7-12(14-8-13(11)14)16(15)18(19)21/h2-7,11-16H,8H2,1H3/t11-,12-,13-,14+,15+,16+/m0/s1. The Hall–Kier alpha value is -1.90. The molecule has 6 atom stereocenters. The van der Waals surface area contributed by atoms with Crippen molar-refractivity contribution in [2.24, 2.45) is 35.5 Å². The fourth-order valence-electron chi connectivity index (χ4n) is 4.91. The van der Waals surface area contributed by atoms with Gasteiger partial charge in [-0.1, -0.05) is 29.8 Å². The number of aryl methyl sites for hydroxylation is 1. The van der Waals surface area contributed by atoms with Crippen molar-refractivity contribution in [3.8, 4) is 0 Å². The summed E-state index contributed by atoms with van der Waals surface area (Å²) in [5.41, 5.74) is 1.87. The highest BCUT2D eigenvalue weighted by atomic mass is 16.2. The zero-order valence-corrected chi connectivity index (χ0v) is 11.9. The van der Waals surface area contributed by atoms with E-state index in [1.54, 1.807) is 0 Å². The zero-order valence-electron chi connectivity index (χ0n) is 11.9. The van der Waals surface area contributed by atoms with Crippen molar-refractivity contribution in [2.75, 3.05) is 4.90 Å². The first kappa shape index (κ1) is 11.7. The summed E-state index contributed by atoms with van der Waals surface area (Å²) in [6, 6.07) is 7.70.